The Balaban J connectivity index is 1.73. The number of benzene rings is 2. The first-order valence-electron chi connectivity index (χ1n) is 12.9. The number of hydrogen-bond donors (Lipinski definition) is 5. The summed E-state index contributed by atoms with van der Waals surface area (Å²) >= 11 is 0. The van der Waals surface area contributed by atoms with Gasteiger partial charge in [-0.25, -0.2) is 0 Å². The van der Waals surface area contributed by atoms with Crippen LogP contribution < -0.4 is 5.73 Å². The fraction of sp³-hybridized carbons (Fsp3) is 0.367. The predicted octanol–water partition coefficient (Wildman–Crippen LogP) is 3.54. The minimum atomic E-state index is -2.60. The standard InChI is InChI=1S/C30H31NO7/c1-4-14-6-5-7-15(10-14)17-8-9-20(32)23-18(17)11-16-12-19-21(13(2)3)25(33)24(29(31)37)28(36)30(19,38)27(35)22(16)26(23)34/h5-10,13,16,19,21,32,34,36,38H,4,11-12H2,1-3H3,(H2,31,37)/t16-,19-,21-,30-/m0/s1. The first-order chi connectivity index (χ1) is 17.9. The number of carbonyl (C=O) groups excluding carboxylic acids is 3. The van der Waals surface area contributed by atoms with Crippen molar-refractivity contribution in [1.29, 1.82) is 0 Å². The van der Waals surface area contributed by atoms with Crippen LogP contribution in [-0.4, -0.2) is 43.5 Å². The Morgan fingerprint density at radius 1 is 1.13 bits per heavy atom. The van der Waals surface area contributed by atoms with E-state index in [1.807, 2.05) is 31.2 Å². The molecule has 8 nitrogen and oxygen atoms in total. The summed E-state index contributed by atoms with van der Waals surface area (Å²) in [5.74, 6) is -7.64. The summed E-state index contributed by atoms with van der Waals surface area (Å²) in [7, 11) is 0. The van der Waals surface area contributed by atoms with Crippen molar-refractivity contribution in [3.8, 4) is 16.9 Å². The molecule has 0 saturated heterocycles. The van der Waals surface area contributed by atoms with Gasteiger partial charge in [0.15, 0.2) is 11.4 Å². The molecule has 38 heavy (non-hydrogen) atoms. The molecule has 6 N–H and O–H groups in total. The van der Waals surface area contributed by atoms with E-state index in [9.17, 15) is 34.8 Å². The fourth-order valence-corrected chi connectivity index (χ4v) is 6.71. The number of phenolic OH excluding ortho intramolecular Hbond substituents is 1. The molecule has 1 saturated carbocycles. The normalized spacial score (nSPS) is 26.8. The van der Waals surface area contributed by atoms with Crippen molar-refractivity contribution >= 4 is 23.2 Å². The van der Waals surface area contributed by atoms with E-state index in [1.165, 1.54) is 6.07 Å². The lowest BCUT2D eigenvalue weighted by molar-refractivity contribution is -0.155. The Morgan fingerprint density at radius 3 is 2.47 bits per heavy atom. The molecule has 1 fully saturated rings. The van der Waals surface area contributed by atoms with Crippen LogP contribution >= 0.6 is 0 Å². The van der Waals surface area contributed by atoms with Crippen molar-refractivity contribution in [3.05, 3.63) is 70.0 Å². The van der Waals surface area contributed by atoms with Crippen molar-refractivity contribution in [1.82, 2.24) is 0 Å². The van der Waals surface area contributed by atoms with Crippen LogP contribution in [0.25, 0.3) is 16.9 Å². The van der Waals surface area contributed by atoms with E-state index >= 15 is 0 Å². The number of aliphatic hydroxyl groups excluding tert-OH is 2. The molecule has 0 radical (unpaired) electrons. The van der Waals surface area contributed by atoms with Gasteiger partial charge in [0, 0.05) is 17.4 Å². The third-order valence-corrected chi connectivity index (χ3v) is 8.50. The molecule has 0 heterocycles. The van der Waals surface area contributed by atoms with Crippen molar-refractivity contribution in [2.75, 3.05) is 0 Å². The maximum atomic E-state index is 13.9. The van der Waals surface area contributed by atoms with E-state index in [-0.39, 0.29) is 35.6 Å². The Labute approximate surface area is 220 Å². The monoisotopic (exact) mass is 517 g/mol. The quantitative estimate of drug-likeness (QED) is 0.388. The third-order valence-electron chi connectivity index (χ3n) is 8.50. The van der Waals surface area contributed by atoms with Gasteiger partial charge in [0.2, 0.25) is 5.78 Å². The summed E-state index contributed by atoms with van der Waals surface area (Å²) in [6.07, 6.45) is 1.19. The van der Waals surface area contributed by atoms with Crippen LogP contribution in [0.1, 0.15) is 43.9 Å². The van der Waals surface area contributed by atoms with Gasteiger partial charge in [0.25, 0.3) is 5.91 Å². The van der Waals surface area contributed by atoms with Gasteiger partial charge in [-0.3, -0.25) is 14.4 Å². The van der Waals surface area contributed by atoms with Gasteiger partial charge in [0.05, 0.1) is 5.56 Å². The maximum absolute atomic E-state index is 13.9. The average Bonchev–Trinajstić information content (AvgIpc) is 2.86. The molecular formula is C30H31NO7. The molecule has 198 valence electrons. The van der Waals surface area contributed by atoms with E-state index < -0.39 is 57.9 Å². The van der Waals surface area contributed by atoms with Crippen LogP contribution in [0.2, 0.25) is 0 Å². The molecule has 0 aromatic heterocycles. The first-order valence-corrected chi connectivity index (χ1v) is 12.9. The molecule has 3 aliphatic rings. The number of aromatic hydroxyl groups is 1. The second-order valence-electron chi connectivity index (χ2n) is 10.9. The molecule has 0 bridgehead atoms. The van der Waals surface area contributed by atoms with E-state index in [0.717, 1.165) is 23.1 Å². The first kappa shape index (κ1) is 25.7. The molecule has 4 atom stereocenters. The molecule has 1 amide bonds. The predicted molar refractivity (Wildman–Crippen MR) is 140 cm³/mol. The highest BCUT2D eigenvalue weighted by atomic mass is 16.3. The van der Waals surface area contributed by atoms with Crippen molar-refractivity contribution in [2.24, 2.45) is 29.4 Å². The van der Waals surface area contributed by atoms with Gasteiger partial charge in [-0.1, -0.05) is 51.1 Å². The number of aryl methyl sites for hydroxylation is 1. The van der Waals surface area contributed by atoms with Gasteiger partial charge in [-0.15, -0.1) is 0 Å². The van der Waals surface area contributed by atoms with Gasteiger partial charge in [0.1, 0.15) is 22.8 Å². The van der Waals surface area contributed by atoms with E-state index in [0.29, 0.717) is 5.56 Å². The van der Waals surface area contributed by atoms with Crippen LogP contribution in [0.3, 0.4) is 0 Å². The molecule has 5 rings (SSSR count). The number of phenols is 1. The van der Waals surface area contributed by atoms with Gasteiger partial charge in [-0.05, 0) is 59.4 Å². The second-order valence-corrected chi connectivity index (χ2v) is 10.9. The summed E-state index contributed by atoms with van der Waals surface area (Å²) in [6, 6.07) is 11.2. The third kappa shape index (κ3) is 3.43. The molecule has 0 spiro atoms. The van der Waals surface area contributed by atoms with E-state index in [1.54, 1.807) is 19.9 Å². The number of amides is 1. The number of aliphatic hydroxyl groups is 3. The molecule has 0 aliphatic heterocycles. The number of Topliss-reactive ketones (excluding diaryl/α,β-unsaturated/α-hetero) is 2. The summed E-state index contributed by atoms with van der Waals surface area (Å²) < 4.78 is 0. The summed E-state index contributed by atoms with van der Waals surface area (Å²) in [6.45, 7) is 5.53. The van der Waals surface area contributed by atoms with E-state index in [4.69, 9.17) is 5.73 Å². The number of carbonyl (C=O) groups is 3. The smallest absolute Gasteiger partial charge is 0.255 e. The molecule has 8 heteroatoms. The Bertz CT molecular complexity index is 1470. The van der Waals surface area contributed by atoms with Gasteiger partial charge in [-0.2, -0.15) is 0 Å². The molecule has 2 aromatic carbocycles. The Morgan fingerprint density at radius 2 is 1.84 bits per heavy atom. The zero-order chi connectivity index (χ0) is 27.7. The number of nitrogens with two attached hydrogens (primary N) is 1. The zero-order valence-electron chi connectivity index (χ0n) is 21.5. The minimum absolute atomic E-state index is 0.0931. The van der Waals surface area contributed by atoms with Gasteiger partial charge >= 0.3 is 0 Å². The molecule has 0 unspecified atom stereocenters. The number of primary amides is 1. The Hall–Kier alpha value is -3.91. The maximum Gasteiger partial charge on any atom is 0.255 e. The number of hydrogen-bond acceptors (Lipinski definition) is 7. The lowest BCUT2D eigenvalue weighted by Crippen LogP contribution is -2.62. The van der Waals surface area contributed by atoms with Gasteiger partial charge < -0.3 is 26.2 Å². The lowest BCUT2D eigenvalue weighted by Gasteiger charge is -2.50. The van der Waals surface area contributed by atoms with Crippen molar-refractivity contribution in [2.45, 2.75) is 45.6 Å². The van der Waals surface area contributed by atoms with Crippen LogP contribution in [0.5, 0.6) is 5.75 Å². The fourth-order valence-electron chi connectivity index (χ4n) is 6.71. The SMILES string of the molecule is CCc1cccc(-c2ccc(O)c3c2C[C@H]2C[C@H]4[C@H](C(C)C)C(=O)C(C(N)=O)=C(O)[C@@]4(O)C(=O)C2=C3O)c1. The molecule has 2 aromatic rings. The van der Waals surface area contributed by atoms with Crippen molar-refractivity contribution < 1.29 is 34.8 Å². The minimum Gasteiger partial charge on any atom is -0.508 e. The van der Waals surface area contributed by atoms with Crippen LogP contribution in [0, 0.1) is 23.7 Å². The second kappa shape index (κ2) is 8.84. The van der Waals surface area contributed by atoms with Crippen LogP contribution in [0.15, 0.2) is 53.3 Å². The largest absolute Gasteiger partial charge is 0.508 e. The highest BCUT2D eigenvalue weighted by Gasteiger charge is 2.64. The number of ketones is 2. The summed E-state index contributed by atoms with van der Waals surface area (Å²) in [5, 5.41) is 44.8. The van der Waals surface area contributed by atoms with E-state index in [2.05, 4.69) is 0 Å². The average molecular weight is 518 g/mol. The molecular weight excluding hydrogens is 486 g/mol. The van der Waals surface area contributed by atoms with Crippen LogP contribution in [-0.2, 0) is 27.2 Å². The zero-order valence-corrected chi connectivity index (χ0v) is 21.5. The van der Waals surface area contributed by atoms with Crippen molar-refractivity contribution in [3.63, 3.8) is 0 Å². The number of rotatable bonds is 4. The summed E-state index contributed by atoms with van der Waals surface area (Å²) in [5.41, 5.74) is 5.41. The lowest BCUT2D eigenvalue weighted by atomic mass is 9.54. The number of fused-ring (bicyclic) bond motifs is 3. The highest BCUT2D eigenvalue weighted by molar-refractivity contribution is 6.23. The topological polar surface area (TPSA) is 158 Å². The summed E-state index contributed by atoms with van der Waals surface area (Å²) in [4.78, 5) is 39.3. The Kier molecular flexibility index (Phi) is 5.98. The highest BCUT2D eigenvalue weighted by Crippen LogP contribution is 2.55. The van der Waals surface area contributed by atoms with Crippen LogP contribution in [0.4, 0.5) is 0 Å². The molecule has 3 aliphatic carbocycles.